The maximum atomic E-state index is 6.50. The average molecular weight is 244 g/mol. The number of rotatable bonds is 1. The van der Waals surface area contributed by atoms with Gasteiger partial charge in [-0.15, -0.1) is 0 Å². The molecule has 0 saturated carbocycles. The number of hydrogen-bond acceptors (Lipinski definition) is 5. The zero-order valence-corrected chi connectivity index (χ0v) is 10.4. The molecule has 3 heterocycles. The number of hydrogen-bond donors (Lipinski definition) is 1. The lowest BCUT2D eigenvalue weighted by atomic mass is 10.1. The minimum Gasteiger partial charge on any atom is -0.356 e. The number of aryl methyl sites for hydroxylation is 1. The standard InChI is InChI=1S/C11H15N5.CHN/c1-8-13-10-9(7-12-15-10)11(14-8)16-5-3-2-4-6-16;1-2/h7H,2-6H2,1H3,(H,12,13,14,15);1H. The highest BCUT2D eigenvalue weighted by Crippen LogP contribution is 2.24. The van der Waals surface area contributed by atoms with Gasteiger partial charge >= 0.3 is 0 Å². The quantitative estimate of drug-likeness (QED) is 0.827. The zero-order chi connectivity index (χ0) is 13.0. The zero-order valence-electron chi connectivity index (χ0n) is 10.4. The highest BCUT2D eigenvalue weighted by atomic mass is 15.2. The van der Waals surface area contributed by atoms with E-state index in [0.29, 0.717) is 0 Å². The van der Waals surface area contributed by atoms with Crippen molar-refractivity contribution in [2.75, 3.05) is 18.0 Å². The molecule has 0 bridgehead atoms. The molecule has 6 nitrogen and oxygen atoms in total. The van der Waals surface area contributed by atoms with Crippen LogP contribution in [0.4, 0.5) is 5.82 Å². The fraction of sp³-hybridized carbons (Fsp3) is 0.500. The van der Waals surface area contributed by atoms with E-state index < -0.39 is 0 Å². The second kappa shape index (κ2) is 5.45. The van der Waals surface area contributed by atoms with Crippen LogP contribution in [0.15, 0.2) is 6.20 Å². The molecule has 0 unspecified atom stereocenters. The minimum absolute atomic E-state index is 0.803. The fourth-order valence-electron chi connectivity index (χ4n) is 2.28. The van der Waals surface area contributed by atoms with Crippen LogP contribution in [0.2, 0.25) is 0 Å². The number of nitrogens with one attached hydrogen (secondary N) is 1. The predicted molar refractivity (Wildman–Crippen MR) is 69.2 cm³/mol. The van der Waals surface area contributed by atoms with Gasteiger partial charge in [0, 0.05) is 19.7 Å². The highest BCUT2D eigenvalue weighted by molar-refractivity contribution is 5.86. The Bertz CT molecular complexity index is 538. The van der Waals surface area contributed by atoms with E-state index in [0.717, 1.165) is 35.8 Å². The van der Waals surface area contributed by atoms with Crippen LogP contribution in [0.5, 0.6) is 0 Å². The van der Waals surface area contributed by atoms with Crippen molar-refractivity contribution >= 4 is 16.9 Å². The molecule has 1 aliphatic heterocycles. The van der Waals surface area contributed by atoms with Crippen LogP contribution in [-0.2, 0) is 0 Å². The Morgan fingerprint density at radius 2 is 1.94 bits per heavy atom. The maximum absolute atomic E-state index is 6.50. The summed E-state index contributed by atoms with van der Waals surface area (Å²) in [5, 5.41) is 14.5. The molecule has 94 valence electrons. The molecule has 1 N–H and O–H groups in total. The van der Waals surface area contributed by atoms with Gasteiger partial charge in [0.05, 0.1) is 11.6 Å². The van der Waals surface area contributed by atoms with Crippen molar-refractivity contribution in [3.05, 3.63) is 12.0 Å². The van der Waals surface area contributed by atoms with Gasteiger partial charge in [-0.3, -0.25) is 5.10 Å². The third kappa shape index (κ3) is 2.25. The van der Waals surface area contributed by atoms with Crippen molar-refractivity contribution in [2.45, 2.75) is 26.2 Å². The topological polar surface area (TPSA) is 81.5 Å². The van der Waals surface area contributed by atoms with Crippen LogP contribution in [0.3, 0.4) is 0 Å². The van der Waals surface area contributed by atoms with Crippen molar-refractivity contribution < 1.29 is 0 Å². The molecule has 0 aliphatic carbocycles. The van der Waals surface area contributed by atoms with Crippen LogP contribution < -0.4 is 4.90 Å². The van der Waals surface area contributed by atoms with Gasteiger partial charge in [-0.1, -0.05) is 0 Å². The van der Waals surface area contributed by atoms with E-state index in [2.05, 4.69) is 31.6 Å². The van der Waals surface area contributed by atoms with E-state index in [9.17, 15) is 0 Å². The summed E-state index contributed by atoms with van der Waals surface area (Å²) in [5.74, 6) is 1.84. The first-order valence-corrected chi connectivity index (χ1v) is 6.03. The smallest absolute Gasteiger partial charge is 0.161 e. The third-order valence-electron chi connectivity index (χ3n) is 3.06. The Labute approximate surface area is 106 Å². The third-order valence-corrected chi connectivity index (χ3v) is 3.06. The van der Waals surface area contributed by atoms with Crippen molar-refractivity contribution in [3.8, 4) is 6.57 Å². The van der Waals surface area contributed by atoms with Gasteiger partial charge in [-0.25, -0.2) is 15.2 Å². The number of anilines is 1. The van der Waals surface area contributed by atoms with Gasteiger partial charge < -0.3 is 4.90 Å². The molecule has 18 heavy (non-hydrogen) atoms. The van der Waals surface area contributed by atoms with Gasteiger partial charge in [-0.05, 0) is 26.2 Å². The Morgan fingerprint density at radius 1 is 1.22 bits per heavy atom. The van der Waals surface area contributed by atoms with Crippen molar-refractivity contribution in [2.24, 2.45) is 0 Å². The van der Waals surface area contributed by atoms with Gasteiger partial charge in [-0.2, -0.15) is 5.10 Å². The van der Waals surface area contributed by atoms with E-state index in [4.69, 9.17) is 5.26 Å². The summed E-state index contributed by atoms with van der Waals surface area (Å²) in [7, 11) is 0. The number of nitrogens with zero attached hydrogens (tertiary/aromatic N) is 5. The lowest BCUT2D eigenvalue weighted by molar-refractivity contribution is 0.574. The summed E-state index contributed by atoms with van der Waals surface area (Å²) in [5.41, 5.74) is 0.841. The molecule has 0 atom stereocenters. The molecule has 3 rings (SSSR count). The molecule has 0 radical (unpaired) electrons. The van der Waals surface area contributed by atoms with Crippen molar-refractivity contribution in [3.63, 3.8) is 0 Å². The normalized spacial score (nSPS) is 15.2. The molecule has 0 aromatic carbocycles. The molecule has 2 aromatic heterocycles. The second-order valence-corrected chi connectivity index (χ2v) is 4.27. The summed E-state index contributed by atoms with van der Waals surface area (Å²) in [4.78, 5) is 11.2. The maximum Gasteiger partial charge on any atom is 0.161 e. The van der Waals surface area contributed by atoms with Crippen LogP contribution in [0.25, 0.3) is 11.0 Å². The van der Waals surface area contributed by atoms with Crippen LogP contribution >= 0.6 is 0 Å². The number of fused-ring (bicyclic) bond motifs is 1. The monoisotopic (exact) mass is 244 g/mol. The molecule has 1 fully saturated rings. The lowest BCUT2D eigenvalue weighted by Crippen LogP contribution is -2.30. The SMILES string of the molecule is C#N.Cc1nc(N2CCCCC2)c2cn[nH]c2n1. The second-order valence-electron chi connectivity index (χ2n) is 4.27. The van der Waals surface area contributed by atoms with Crippen LogP contribution in [0, 0.1) is 18.8 Å². The average Bonchev–Trinajstić information content (AvgIpc) is 2.89. The highest BCUT2D eigenvalue weighted by Gasteiger charge is 2.16. The summed E-state index contributed by atoms with van der Waals surface area (Å²) >= 11 is 0. The van der Waals surface area contributed by atoms with Crippen LogP contribution in [-0.4, -0.2) is 33.3 Å². The fourth-order valence-corrected chi connectivity index (χ4v) is 2.28. The number of H-pyrrole nitrogens is 1. The van der Waals surface area contributed by atoms with Crippen molar-refractivity contribution in [1.82, 2.24) is 20.2 Å². The van der Waals surface area contributed by atoms with E-state index in [1.54, 1.807) is 0 Å². The molecular formula is C12H16N6. The molecule has 0 spiro atoms. The summed E-state index contributed by atoms with van der Waals surface area (Å²) in [6.45, 7) is 7.61. The number of nitriles is 1. The molecule has 1 saturated heterocycles. The number of aromatic nitrogens is 4. The van der Waals surface area contributed by atoms with Gasteiger partial charge in [0.1, 0.15) is 11.6 Å². The molecule has 6 heteroatoms. The first-order valence-electron chi connectivity index (χ1n) is 6.03. The summed E-state index contributed by atoms with van der Waals surface area (Å²) < 4.78 is 0. The van der Waals surface area contributed by atoms with Gasteiger partial charge in [0.25, 0.3) is 0 Å². The Balaban J connectivity index is 0.000000574. The minimum atomic E-state index is 0.803. The molecule has 0 amide bonds. The summed E-state index contributed by atoms with van der Waals surface area (Å²) in [6.07, 6.45) is 5.65. The molecule has 2 aromatic rings. The predicted octanol–water partition coefficient (Wildman–Crippen LogP) is 1.79. The molecule has 1 aliphatic rings. The van der Waals surface area contributed by atoms with Gasteiger partial charge in [0.15, 0.2) is 5.65 Å². The van der Waals surface area contributed by atoms with E-state index >= 15 is 0 Å². The van der Waals surface area contributed by atoms with E-state index in [1.807, 2.05) is 13.1 Å². The van der Waals surface area contributed by atoms with Crippen molar-refractivity contribution in [1.29, 1.82) is 5.26 Å². The van der Waals surface area contributed by atoms with Crippen LogP contribution in [0.1, 0.15) is 25.1 Å². The Kier molecular flexibility index (Phi) is 3.72. The largest absolute Gasteiger partial charge is 0.356 e. The lowest BCUT2D eigenvalue weighted by Gasteiger charge is -2.28. The number of piperidine rings is 1. The van der Waals surface area contributed by atoms with E-state index in [1.165, 1.54) is 19.3 Å². The Hall–Kier alpha value is -2.16. The number of aromatic amines is 1. The summed E-state index contributed by atoms with van der Waals surface area (Å²) in [6, 6.07) is 0. The van der Waals surface area contributed by atoms with E-state index in [-0.39, 0.29) is 0 Å². The Morgan fingerprint density at radius 3 is 2.67 bits per heavy atom. The van der Waals surface area contributed by atoms with Gasteiger partial charge in [0.2, 0.25) is 0 Å². The first kappa shape index (κ1) is 12.3. The molecular weight excluding hydrogens is 228 g/mol. The first-order chi connectivity index (χ1) is 8.84.